The second-order valence-corrected chi connectivity index (χ2v) is 7.29. The zero-order valence-corrected chi connectivity index (χ0v) is 19.3. The van der Waals surface area contributed by atoms with Gasteiger partial charge in [-0.1, -0.05) is 35.4 Å². The summed E-state index contributed by atoms with van der Waals surface area (Å²) in [6.07, 6.45) is 2.73. The van der Waals surface area contributed by atoms with E-state index in [2.05, 4.69) is 27.7 Å². The van der Waals surface area contributed by atoms with Gasteiger partial charge in [0.25, 0.3) is 5.91 Å². The average Bonchev–Trinajstić information content (AvgIpc) is 2.78. The fourth-order valence-corrected chi connectivity index (χ4v) is 2.97. The maximum atomic E-state index is 12.3. The number of amides is 3. The lowest BCUT2D eigenvalue weighted by atomic mass is 10.1. The second-order valence-electron chi connectivity index (χ2n) is 6.89. The normalized spacial score (nSPS) is 10.4. The van der Waals surface area contributed by atoms with Crippen molar-refractivity contribution in [3.05, 3.63) is 64.7 Å². The van der Waals surface area contributed by atoms with Crippen LogP contribution in [0, 0.1) is 13.8 Å². The van der Waals surface area contributed by atoms with Gasteiger partial charge in [-0.25, -0.2) is 5.43 Å². The number of nitrogens with one attached hydrogen (secondary N) is 3. The summed E-state index contributed by atoms with van der Waals surface area (Å²) >= 11 is 6.29. The molecule has 0 aliphatic rings. The summed E-state index contributed by atoms with van der Waals surface area (Å²) in [7, 11) is 1.42. The molecule has 3 N–H and O–H groups in total. The fraction of sp³-hybridized carbons (Fsp3) is 0.217. The molecule has 0 spiro atoms. The molecular weight excluding hydrogens is 448 g/mol. The van der Waals surface area contributed by atoms with Gasteiger partial charge in [0.05, 0.1) is 18.3 Å². The van der Waals surface area contributed by atoms with Crippen molar-refractivity contribution in [2.75, 3.05) is 25.6 Å². The van der Waals surface area contributed by atoms with Crippen LogP contribution in [0.25, 0.3) is 0 Å². The fourth-order valence-electron chi connectivity index (χ4n) is 2.69. The number of hydrogen-bond donors (Lipinski definition) is 3. The highest BCUT2D eigenvalue weighted by Gasteiger charge is 2.15. The topological polar surface area (TPSA) is 118 Å². The van der Waals surface area contributed by atoms with Crippen LogP contribution < -0.4 is 25.5 Å². The first-order chi connectivity index (χ1) is 15.7. The van der Waals surface area contributed by atoms with Crippen LogP contribution in [0.2, 0.25) is 5.02 Å². The number of hydrogen-bond acceptors (Lipinski definition) is 6. The van der Waals surface area contributed by atoms with E-state index >= 15 is 0 Å². The van der Waals surface area contributed by atoms with Crippen LogP contribution in [-0.2, 0) is 14.4 Å². The van der Waals surface area contributed by atoms with Gasteiger partial charge in [-0.2, -0.15) is 5.10 Å². The molecule has 3 amide bonds. The van der Waals surface area contributed by atoms with Crippen LogP contribution in [0.15, 0.2) is 48.1 Å². The highest BCUT2D eigenvalue weighted by molar-refractivity contribution is 6.35. The van der Waals surface area contributed by atoms with E-state index in [0.29, 0.717) is 11.3 Å². The minimum atomic E-state index is -0.930. The van der Waals surface area contributed by atoms with Crippen LogP contribution in [-0.4, -0.2) is 44.2 Å². The van der Waals surface area contributed by atoms with E-state index in [1.807, 2.05) is 32.0 Å². The first-order valence-corrected chi connectivity index (χ1v) is 10.2. The third-order valence-electron chi connectivity index (χ3n) is 4.25. The van der Waals surface area contributed by atoms with Gasteiger partial charge < -0.3 is 20.1 Å². The summed E-state index contributed by atoms with van der Waals surface area (Å²) in [4.78, 5) is 35.4. The number of halogens is 1. The van der Waals surface area contributed by atoms with Crippen LogP contribution in [0.3, 0.4) is 0 Å². The number of methoxy groups -OCH3 is 1. The Morgan fingerprint density at radius 3 is 2.58 bits per heavy atom. The number of nitrogens with zero attached hydrogens (tertiary/aromatic N) is 1. The Hall–Kier alpha value is -3.85. The average molecular weight is 473 g/mol. The van der Waals surface area contributed by atoms with Gasteiger partial charge in [-0.05, 0) is 43.2 Å². The highest BCUT2D eigenvalue weighted by Crippen LogP contribution is 2.36. The highest BCUT2D eigenvalue weighted by atomic mass is 35.5. The Bertz CT molecular complexity index is 1080. The summed E-state index contributed by atoms with van der Waals surface area (Å²) in [5.74, 6) is -1.69. The third kappa shape index (κ3) is 7.65. The molecule has 9 nitrogen and oxygen atoms in total. The standard InChI is InChI=1S/C23H25ClN4O5/c1-5-8-25-22(30)23(31)28-26-12-16-10-17(24)21(19(11-16)32-4)33-13-20(29)27-18-7-6-14(2)9-15(18)3/h5-7,9-12H,1,8,13H2,2-4H3,(H,25,30)(H,27,29)(H,28,31)/b26-12-. The molecule has 0 bridgehead atoms. The zero-order chi connectivity index (χ0) is 24.4. The molecule has 33 heavy (non-hydrogen) atoms. The van der Waals surface area contributed by atoms with Gasteiger partial charge in [-0.15, -0.1) is 6.58 Å². The van der Waals surface area contributed by atoms with Gasteiger partial charge in [0.15, 0.2) is 18.1 Å². The first-order valence-electron chi connectivity index (χ1n) is 9.84. The molecule has 0 aromatic heterocycles. The minimum Gasteiger partial charge on any atom is -0.493 e. The maximum absolute atomic E-state index is 12.3. The molecule has 174 valence electrons. The number of ether oxygens (including phenoxy) is 2. The van der Waals surface area contributed by atoms with E-state index in [4.69, 9.17) is 21.1 Å². The molecule has 2 aromatic carbocycles. The van der Waals surface area contributed by atoms with Crippen molar-refractivity contribution in [3.63, 3.8) is 0 Å². The first kappa shape index (κ1) is 25.4. The van der Waals surface area contributed by atoms with E-state index in [9.17, 15) is 14.4 Å². The number of hydrazone groups is 1. The number of aryl methyl sites for hydroxylation is 2. The van der Waals surface area contributed by atoms with Gasteiger partial charge in [-0.3, -0.25) is 14.4 Å². The lowest BCUT2D eigenvalue weighted by molar-refractivity contribution is -0.139. The van der Waals surface area contributed by atoms with Gasteiger partial charge in [0, 0.05) is 12.2 Å². The van der Waals surface area contributed by atoms with Crippen molar-refractivity contribution in [1.82, 2.24) is 10.7 Å². The van der Waals surface area contributed by atoms with Crippen molar-refractivity contribution in [2.45, 2.75) is 13.8 Å². The van der Waals surface area contributed by atoms with Crippen LogP contribution >= 0.6 is 11.6 Å². The van der Waals surface area contributed by atoms with Crippen molar-refractivity contribution in [2.24, 2.45) is 5.10 Å². The smallest absolute Gasteiger partial charge is 0.329 e. The summed E-state index contributed by atoms with van der Waals surface area (Å²) in [5.41, 5.74) is 5.29. The molecule has 0 aliphatic carbocycles. The van der Waals surface area contributed by atoms with Gasteiger partial charge in [0.1, 0.15) is 0 Å². The SMILES string of the molecule is C=CCNC(=O)C(=O)N/N=C\c1cc(Cl)c(OCC(=O)Nc2ccc(C)cc2C)c(OC)c1. The Morgan fingerprint density at radius 2 is 1.91 bits per heavy atom. The molecule has 0 unspecified atom stereocenters. The summed E-state index contributed by atoms with van der Waals surface area (Å²) in [6, 6.07) is 8.75. The second kappa shape index (κ2) is 12.3. The van der Waals surface area contributed by atoms with Gasteiger partial charge >= 0.3 is 11.8 Å². The molecule has 0 saturated carbocycles. The van der Waals surface area contributed by atoms with E-state index < -0.39 is 11.8 Å². The monoisotopic (exact) mass is 472 g/mol. The van der Waals surface area contributed by atoms with Crippen LogP contribution in [0.1, 0.15) is 16.7 Å². The number of carbonyl (C=O) groups excluding carboxylic acids is 3. The van der Waals surface area contributed by atoms with Crippen molar-refractivity contribution >= 4 is 41.2 Å². The largest absolute Gasteiger partial charge is 0.493 e. The molecular formula is C23H25ClN4O5. The summed E-state index contributed by atoms with van der Waals surface area (Å²) in [6.45, 7) is 7.19. The lowest BCUT2D eigenvalue weighted by Crippen LogP contribution is -2.37. The number of carbonyl (C=O) groups is 3. The number of benzene rings is 2. The molecule has 0 heterocycles. The molecule has 0 fully saturated rings. The van der Waals surface area contributed by atoms with E-state index in [1.54, 1.807) is 6.07 Å². The maximum Gasteiger partial charge on any atom is 0.329 e. The molecule has 0 radical (unpaired) electrons. The van der Waals surface area contributed by atoms with E-state index in [1.165, 1.54) is 25.5 Å². The van der Waals surface area contributed by atoms with Gasteiger partial charge in [0.2, 0.25) is 0 Å². The molecule has 2 rings (SSSR count). The molecule has 0 saturated heterocycles. The Balaban J connectivity index is 2.01. The Kier molecular flexibility index (Phi) is 9.44. The summed E-state index contributed by atoms with van der Waals surface area (Å²) in [5, 5.41) is 9.01. The van der Waals surface area contributed by atoms with Crippen molar-refractivity contribution < 1.29 is 23.9 Å². The van der Waals surface area contributed by atoms with Crippen molar-refractivity contribution in [1.29, 1.82) is 0 Å². The molecule has 0 atom stereocenters. The van der Waals surface area contributed by atoms with E-state index in [-0.39, 0.29) is 35.6 Å². The van der Waals surface area contributed by atoms with Crippen LogP contribution in [0.4, 0.5) is 5.69 Å². The zero-order valence-electron chi connectivity index (χ0n) is 18.5. The predicted molar refractivity (Wildman–Crippen MR) is 127 cm³/mol. The quantitative estimate of drug-likeness (QED) is 0.224. The Labute approximate surface area is 196 Å². The minimum absolute atomic E-state index is 0.160. The van der Waals surface area contributed by atoms with E-state index in [0.717, 1.165) is 11.1 Å². The lowest BCUT2D eigenvalue weighted by Gasteiger charge is -2.14. The molecule has 2 aromatic rings. The summed E-state index contributed by atoms with van der Waals surface area (Å²) < 4.78 is 10.9. The molecule has 0 aliphatic heterocycles. The number of rotatable bonds is 9. The number of anilines is 1. The molecule has 10 heteroatoms. The van der Waals surface area contributed by atoms with Crippen LogP contribution in [0.5, 0.6) is 11.5 Å². The third-order valence-corrected chi connectivity index (χ3v) is 4.53. The van der Waals surface area contributed by atoms with Crippen molar-refractivity contribution in [3.8, 4) is 11.5 Å². The Morgan fingerprint density at radius 1 is 1.15 bits per heavy atom. The predicted octanol–water partition coefficient (Wildman–Crippen LogP) is 2.74.